The molecule has 1 spiro atoms. The second kappa shape index (κ2) is 7.62. The van der Waals surface area contributed by atoms with Gasteiger partial charge in [-0.1, -0.05) is 42.5 Å². The lowest BCUT2D eigenvalue weighted by molar-refractivity contribution is -0.107. The first kappa shape index (κ1) is 20.5. The third kappa shape index (κ3) is 3.95. The number of piperazine rings is 1. The van der Waals surface area contributed by atoms with E-state index in [-0.39, 0.29) is 12.1 Å². The molecular weight excluding hydrogens is 414 g/mol. The number of rotatable bonds is 5. The molecule has 0 N–H and O–H groups in total. The van der Waals surface area contributed by atoms with Gasteiger partial charge in [-0.2, -0.15) is 0 Å². The van der Waals surface area contributed by atoms with Gasteiger partial charge in [0.1, 0.15) is 0 Å². The molecule has 3 saturated heterocycles. The summed E-state index contributed by atoms with van der Waals surface area (Å²) in [5.41, 5.74) is 1.89. The number of amides is 1. The van der Waals surface area contributed by atoms with Crippen LogP contribution < -0.4 is 0 Å². The van der Waals surface area contributed by atoms with E-state index in [1.807, 2.05) is 23.1 Å². The quantitative estimate of drug-likeness (QED) is 0.707. The molecule has 0 aliphatic carbocycles. The van der Waals surface area contributed by atoms with Crippen molar-refractivity contribution in [3.8, 4) is 0 Å². The van der Waals surface area contributed by atoms with Gasteiger partial charge >= 0.3 is 6.09 Å². The molecule has 7 nitrogen and oxygen atoms in total. The van der Waals surface area contributed by atoms with E-state index in [0.29, 0.717) is 31.1 Å². The maximum absolute atomic E-state index is 12.5. The van der Waals surface area contributed by atoms with E-state index in [0.717, 1.165) is 25.2 Å². The number of benzene rings is 2. The Kier molecular flexibility index (Phi) is 5.03. The summed E-state index contributed by atoms with van der Waals surface area (Å²) in [5, 5.41) is 0. The predicted molar refractivity (Wildman–Crippen MR) is 116 cm³/mol. The van der Waals surface area contributed by atoms with E-state index < -0.39 is 15.4 Å². The molecule has 0 bridgehead atoms. The number of hydrogen-bond acceptors (Lipinski definition) is 6. The van der Waals surface area contributed by atoms with E-state index in [4.69, 9.17) is 4.74 Å². The Morgan fingerprint density at radius 2 is 1.58 bits per heavy atom. The molecule has 3 aliphatic rings. The molecule has 1 atom stereocenters. The average molecular weight is 442 g/mol. The van der Waals surface area contributed by atoms with Crippen molar-refractivity contribution in [2.75, 3.05) is 39.0 Å². The largest absolute Gasteiger partial charge is 0.438 e. The fourth-order valence-corrected chi connectivity index (χ4v) is 5.62. The zero-order chi connectivity index (χ0) is 21.6. The van der Waals surface area contributed by atoms with E-state index in [9.17, 15) is 13.2 Å². The normalized spacial score (nSPS) is 23.5. The molecule has 1 amide bonds. The van der Waals surface area contributed by atoms with Crippen LogP contribution in [0.2, 0.25) is 0 Å². The van der Waals surface area contributed by atoms with Gasteiger partial charge in [-0.25, -0.2) is 13.2 Å². The Morgan fingerprint density at radius 3 is 2.26 bits per heavy atom. The van der Waals surface area contributed by atoms with Crippen molar-refractivity contribution in [2.45, 2.75) is 29.6 Å². The van der Waals surface area contributed by atoms with Crippen molar-refractivity contribution in [1.29, 1.82) is 0 Å². The van der Waals surface area contributed by atoms with E-state index in [1.54, 1.807) is 12.1 Å². The molecule has 2 aromatic rings. The molecule has 2 aromatic carbocycles. The number of carbonyl (C=O) groups excluding carboxylic acids is 1. The summed E-state index contributed by atoms with van der Waals surface area (Å²) in [6, 6.07) is 17.5. The monoisotopic (exact) mass is 441 g/mol. The van der Waals surface area contributed by atoms with Crippen molar-refractivity contribution in [3.63, 3.8) is 0 Å². The molecule has 3 aliphatic heterocycles. The number of hydrogen-bond donors (Lipinski definition) is 0. The maximum Gasteiger partial charge on any atom is 0.410 e. The van der Waals surface area contributed by atoms with Crippen LogP contribution in [0.15, 0.2) is 59.5 Å². The van der Waals surface area contributed by atoms with Gasteiger partial charge < -0.3 is 4.74 Å². The first-order valence-electron chi connectivity index (χ1n) is 10.6. The number of nitrogens with zero attached hydrogens (tertiary/aromatic N) is 3. The summed E-state index contributed by atoms with van der Waals surface area (Å²) in [4.78, 5) is 19.4. The summed E-state index contributed by atoms with van der Waals surface area (Å²) in [6.45, 7) is 5.37. The first-order chi connectivity index (χ1) is 14.8. The summed E-state index contributed by atoms with van der Waals surface area (Å²) in [7, 11) is -3.19. The minimum absolute atomic E-state index is 0.0707. The zero-order valence-corrected chi connectivity index (χ0v) is 18.4. The van der Waals surface area contributed by atoms with Crippen molar-refractivity contribution < 1.29 is 17.9 Å². The van der Waals surface area contributed by atoms with E-state index in [2.05, 4.69) is 34.1 Å². The van der Waals surface area contributed by atoms with Gasteiger partial charge in [0.25, 0.3) is 0 Å². The third-order valence-electron chi connectivity index (χ3n) is 6.59. The molecule has 164 valence electrons. The third-order valence-corrected chi connectivity index (χ3v) is 7.71. The van der Waals surface area contributed by atoms with Crippen LogP contribution in [0, 0.1) is 0 Å². The second-order valence-electron chi connectivity index (χ2n) is 8.92. The highest BCUT2D eigenvalue weighted by molar-refractivity contribution is 7.90. The number of ether oxygens (including phenoxy) is 1. The van der Waals surface area contributed by atoms with E-state index in [1.165, 1.54) is 11.8 Å². The lowest BCUT2D eigenvalue weighted by Gasteiger charge is -2.51. The highest BCUT2D eigenvalue weighted by atomic mass is 32.2. The number of fused-ring (bicyclic) bond motifs is 2. The summed E-state index contributed by atoms with van der Waals surface area (Å²) < 4.78 is 29.2. The lowest BCUT2D eigenvalue weighted by Crippen LogP contribution is -2.70. The van der Waals surface area contributed by atoms with Gasteiger partial charge in [0.2, 0.25) is 0 Å². The molecule has 0 radical (unpaired) electrons. The summed E-state index contributed by atoms with van der Waals surface area (Å²) in [5.74, 6) is 0. The van der Waals surface area contributed by atoms with E-state index >= 15 is 0 Å². The fraction of sp³-hybridized carbons (Fsp3) is 0.435. The van der Waals surface area contributed by atoms with Gasteiger partial charge in [0.05, 0.1) is 10.9 Å². The smallest absolute Gasteiger partial charge is 0.410 e. The number of sulfone groups is 1. The summed E-state index contributed by atoms with van der Waals surface area (Å²) in [6.07, 6.45) is 1.02. The van der Waals surface area contributed by atoms with Crippen molar-refractivity contribution >= 4 is 15.9 Å². The van der Waals surface area contributed by atoms with Crippen LogP contribution in [-0.2, 0) is 27.7 Å². The molecule has 0 aromatic heterocycles. The SMILES string of the molecule is CS(=O)(=O)c1ccc(CN2CC3(C2)OC(=O)N2CCN(Cc4ccccc4)CC23)cc1. The molecular formula is C23H27N3O4S. The average Bonchev–Trinajstić information content (AvgIpc) is 3.00. The van der Waals surface area contributed by atoms with Gasteiger partial charge in [-0.15, -0.1) is 0 Å². The van der Waals surface area contributed by atoms with Crippen LogP contribution >= 0.6 is 0 Å². The Hall–Kier alpha value is -2.42. The van der Waals surface area contributed by atoms with Crippen molar-refractivity contribution in [3.05, 3.63) is 65.7 Å². The second-order valence-corrected chi connectivity index (χ2v) is 10.9. The number of likely N-dealkylation sites (tertiary alicyclic amines) is 1. The lowest BCUT2D eigenvalue weighted by atomic mass is 9.84. The van der Waals surface area contributed by atoms with Crippen LogP contribution in [-0.4, -0.2) is 79.8 Å². The van der Waals surface area contributed by atoms with Crippen LogP contribution in [0.5, 0.6) is 0 Å². The van der Waals surface area contributed by atoms with Crippen molar-refractivity contribution in [1.82, 2.24) is 14.7 Å². The Bertz CT molecular complexity index is 1070. The van der Waals surface area contributed by atoms with Crippen molar-refractivity contribution in [2.24, 2.45) is 0 Å². The molecule has 3 fully saturated rings. The maximum atomic E-state index is 12.5. The van der Waals surface area contributed by atoms with Gasteiger partial charge in [0.15, 0.2) is 15.4 Å². The topological polar surface area (TPSA) is 70.2 Å². The standard InChI is InChI=1S/C23H27N3O4S/c1-31(28,29)20-9-7-19(8-10-20)14-25-16-23(17-25)21-15-24(11-12-26(21)22(27)30-23)13-18-5-3-2-4-6-18/h2-10,21H,11-17H2,1H3. The molecule has 8 heteroatoms. The van der Waals surface area contributed by atoms with Crippen LogP contribution in [0.4, 0.5) is 4.79 Å². The predicted octanol–water partition coefficient (Wildman–Crippen LogP) is 1.98. The van der Waals surface area contributed by atoms with Gasteiger partial charge in [-0.3, -0.25) is 14.7 Å². The fourth-order valence-electron chi connectivity index (χ4n) is 4.99. The van der Waals surface area contributed by atoms with Crippen LogP contribution in [0.1, 0.15) is 11.1 Å². The molecule has 5 rings (SSSR count). The van der Waals surface area contributed by atoms with Crippen LogP contribution in [0.25, 0.3) is 0 Å². The minimum Gasteiger partial charge on any atom is -0.438 e. The van der Waals surface area contributed by atoms with Gasteiger partial charge in [0, 0.05) is 52.1 Å². The molecule has 3 heterocycles. The van der Waals surface area contributed by atoms with Gasteiger partial charge in [-0.05, 0) is 23.3 Å². The Balaban J connectivity index is 1.23. The molecule has 31 heavy (non-hydrogen) atoms. The zero-order valence-electron chi connectivity index (χ0n) is 17.6. The Labute approximate surface area is 183 Å². The highest BCUT2D eigenvalue weighted by Gasteiger charge is 2.61. The van der Waals surface area contributed by atoms with Crippen LogP contribution in [0.3, 0.4) is 0 Å². The Morgan fingerprint density at radius 1 is 0.935 bits per heavy atom. The molecule has 1 unspecified atom stereocenters. The summed E-state index contributed by atoms with van der Waals surface area (Å²) >= 11 is 0. The highest BCUT2D eigenvalue weighted by Crippen LogP contribution is 2.40. The molecule has 0 saturated carbocycles. The minimum atomic E-state index is -3.19. The first-order valence-corrected chi connectivity index (χ1v) is 12.5. The number of carbonyl (C=O) groups is 1.